The standard InChI is InChI=1S/C9H12BrNOS/c1-2-3-8(11)9(12)6-4-13-5-7(6)10/h4-5,8H,2-3,11H2,1H3. The van der Waals surface area contributed by atoms with Crippen molar-refractivity contribution in [2.45, 2.75) is 25.8 Å². The summed E-state index contributed by atoms with van der Waals surface area (Å²) in [5.41, 5.74) is 6.44. The fourth-order valence-corrected chi connectivity index (χ4v) is 2.58. The summed E-state index contributed by atoms with van der Waals surface area (Å²) in [7, 11) is 0. The van der Waals surface area contributed by atoms with Gasteiger partial charge in [-0.05, 0) is 22.4 Å². The van der Waals surface area contributed by atoms with Gasteiger partial charge in [-0.2, -0.15) is 11.3 Å². The molecule has 0 radical (unpaired) electrons. The maximum Gasteiger partial charge on any atom is 0.181 e. The first-order valence-corrected chi connectivity index (χ1v) is 5.92. The van der Waals surface area contributed by atoms with E-state index in [-0.39, 0.29) is 11.8 Å². The summed E-state index contributed by atoms with van der Waals surface area (Å²) in [6.45, 7) is 2.02. The van der Waals surface area contributed by atoms with Crippen LogP contribution in [0.2, 0.25) is 0 Å². The third-order valence-corrected chi connectivity index (χ3v) is 3.52. The Kier molecular flexibility index (Phi) is 4.09. The fourth-order valence-electron chi connectivity index (χ4n) is 1.10. The zero-order chi connectivity index (χ0) is 9.84. The molecule has 2 N–H and O–H groups in total. The molecule has 4 heteroatoms. The molecule has 0 aromatic carbocycles. The number of ketones is 1. The molecular weight excluding hydrogens is 250 g/mol. The van der Waals surface area contributed by atoms with Gasteiger partial charge in [0, 0.05) is 20.8 Å². The van der Waals surface area contributed by atoms with Crippen LogP contribution < -0.4 is 5.73 Å². The lowest BCUT2D eigenvalue weighted by atomic mass is 10.0. The molecule has 13 heavy (non-hydrogen) atoms. The van der Waals surface area contributed by atoms with Gasteiger partial charge in [-0.15, -0.1) is 0 Å². The highest BCUT2D eigenvalue weighted by Crippen LogP contribution is 2.22. The van der Waals surface area contributed by atoms with E-state index in [0.717, 1.165) is 17.3 Å². The molecule has 0 saturated heterocycles. The molecule has 0 amide bonds. The first-order chi connectivity index (χ1) is 6.16. The molecule has 0 spiro atoms. The number of halogens is 1. The Balaban J connectivity index is 2.73. The molecule has 1 unspecified atom stereocenters. The molecule has 1 aromatic rings. The summed E-state index contributed by atoms with van der Waals surface area (Å²) in [6, 6.07) is -0.351. The Morgan fingerprint density at radius 1 is 1.69 bits per heavy atom. The largest absolute Gasteiger partial charge is 0.321 e. The number of hydrogen-bond donors (Lipinski definition) is 1. The molecule has 1 heterocycles. The fraction of sp³-hybridized carbons (Fsp3) is 0.444. The molecule has 1 atom stereocenters. The van der Waals surface area contributed by atoms with Gasteiger partial charge in [-0.3, -0.25) is 4.79 Å². The number of thiophene rings is 1. The van der Waals surface area contributed by atoms with Gasteiger partial charge in [0.05, 0.1) is 6.04 Å². The monoisotopic (exact) mass is 261 g/mol. The summed E-state index contributed by atoms with van der Waals surface area (Å²) >= 11 is 4.83. The number of carbonyl (C=O) groups excluding carboxylic acids is 1. The van der Waals surface area contributed by atoms with Crippen LogP contribution in [0, 0.1) is 0 Å². The minimum absolute atomic E-state index is 0.0370. The maximum absolute atomic E-state index is 11.7. The van der Waals surface area contributed by atoms with Crippen LogP contribution in [-0.2, 0) is 0 Å². The number of rotatable bonds is 4. The van der Waals surface area contributed by atoms with E-state index in [1.807, 2.05) is 17.7 Å². The summed E-state index contributed by atoms with van der Waals surface area (Å²) in [5.74, 6) is 0.0370. The van der Waals surface area contributed by atoms with Crippen LogP contribution in [0.3, 0.4) is 0 Å². The molecule has 2 nitrogen and oxygen atoms in total. The van der Waals surface area contributed by atoms with Crippen LogP contribution in [0.25, 0.3) is 0 Å². The van der Waals surface area contributed by atoms with Crippen molar-refractivity contribution in [3.63, 3.8) is 0 Å². The second kappa shape index (κ2) is 4.88. The number of Topliss-reactive ketones (excluding diaryl/α,β-unsaturated/α-hetero) is 1. The number of nitrogens with two attached hydrogens (primary N) is 1. The molecule has 1 aromatic heterocycles. The molecule has 0 aliphatic carbocycles. The van der Waals surface area contributed by atoms with Crippen molar-refractivity contribution in [2.75, 3.05) is 0 Å². The van der Waals surface area contributed by atoms with Crippen molar-refractivity contribution in [1.82, 2.24) is 0 Å². The third kappa shape index (κ3) is 2.62. The van der Waals surface area contributed by atoms with E-state index in [4.69, 9.17) is 5.73 Å². The van der Waals surface area contributed by atoms with Gasteiger partial charge in [0.1, 0.15) is 0 Å². The molecule has 0 fully saturated rings. The average molecular weight is 262 g/mol. The maximum atomic E-state index is 11.7. The third-order valence-electron chi connectivity index (χ3n) is 1.82. The van der Waals surface area contributed by atoms with Crippen LogP contribution in [0.4, 0.5) is 0 Å². The minimum atomic E-state index is -0.351. The SMILES string of the molecule is CCCC(N)C(=O)c1cscc1Br. The average Bonchev–Trinajstić information content (AvgIpc) is 2.50. The van der Waals surface area contributed by atoms with Gasteiger partial charge in [-0.1, -0.05) is 13.3 Å². The molecular formula is C9H12BrNOS. The van der Waals surface area contributed by atoms with Gasteiger partial charge >= 0.3 is 0 Å². The molecule has 72 valence electrons. The highest BCUT2D eigenvalue weighted by molar-refractivity contribution is 9.10. The predicted octanol–water partition coefficient (Wildman–Crippen LogP) is 2.82. The van der Waals surface area contributed by atoms with Crippen molar-refractivity contribution >= 4 is 33.0 Å². The van der Waals surface area contributed by atoms with Gasteiger partial charge in [0.15, 0.2) is 5.78 Å². The van der Waals surface area contributed by atoms with E-state index >= 15 is 0 Å². The van der Waals surface area contributed by atoms with E-state index in [1.165, 1.54) is 11.3 Å². The number of carbonyl (C=O) groups is 1. The van der Waals surface area contributed by atoms with Crippen molar-refractivity contribution in [2.24, 2.45) is 5.73 Å². The van der Waals surface area contributed by atoms with E-state index in [9.17, 15) is 4.79 Å². The molecule has 0 bridgehead atoms. The Morgan fingerprint density at radius 3 is 2.85 bits per heavy atom. The predicted molar refractivity (Wildman–Crippen MR) is 59.2 cm³/mol. The summed E-state index contributed by atoms with van der Waals surface area (Å²) in [5, 5.41) is 3.73. The Bertz CT molecular complexity index is 298. The van der Waals surface area contributed by atoms with Crippen LogP contribution >= 0.6 is 27.3 Å². The van der Waals surface area contributed by atoms with E-state index < -0.39 is 0 Å². The van der Waals surface area contributed by atoms with Crippen LogP contribution in [0.5, 0.6) is 0 Å². The molecule has 0 aliphatic rings. The van der Waals surface area contributed by atoms with Crippen LogP contribution in [0.1, 0.15) is 30.1 Å². The van der Waals surface area contributed by atoms with Crippen molar-refractivity contribution in [3.8, 4) is 0 Å². The highest BCUT2D eigenvalue weighted by Gasteiger charge is 2.17. The highest BCUT2D eigenvalue weighted by atomic mass is 79.9. The zero-order valence-electron chi connectivity index (χ0n) is 7.42. The molecule has 0 saturated carbocycles. The smallest absolute Gasteiger partial charge is 0.181 e. The summed E-state index contributed by atoms with van der Waals surface area (Å²) in [6.07, 6.45) is 1.69. The Labute approximate surface area is 90.3 Å². The van der Waals surface area contributed by atoms with E-state index in [1.54, 1.807) is 0 Å². The molecule has 1 rings (SSSR count). The second-order valence-corrected chi connectivity index (χ2v) is 4.49. The van der Waals surface area contributed by atoms with Crippen LogP contribution in [-0.4, -0.2) is 11.8 Å². The first-order valence-electron chi connectivity index (χ1n) is 4.18. The van der Waals surface area contributed by atoms with Gasteiger partial charge in [0.2, 0.25) is 0 Å². The second-order valence-electron chi connectivity index (χ2n) is 2.89. The Morgan fingerprint density at radius 2 is 2.38 bits per heavy atom. The topological polar surface area (TPSA) is 43.1 Å². The van der Waals surface area contributed by atoms with E-state index in [0.29, 0.717) is 5.56 Å². The normalized spacial score (nSPS) is 12.8. The van der Waals surface area contributed by atoms with Gasteiger partial charge < -0.3 is 5.73 Å². The summed E-state index contributed by atoms with van der Waals surface area (Å²) in [4.78, 5) is 11.7. The lowest BCUT2D eigenvalue weighted by molar-refractivity contribution is 0.0956. The lowest BCUT2D eigenvalue weighted by Gasteiger charge is -2.07. The van der Waals surface area contributed by atoms with Crippen molar-refractivity contribution in [3.05, 3.63) is 20.8 Å². The summed E-state index contributed by atoms with van der Waals surface area (Å²) < 4.78 is 0.856. The van der Waals surface area contributed by atoms with Crippen molar-refractivity contribution in [1.29, 1.82) is 0 Å². The van der Waals surface area contributed by atoms with Crippen molar-refractivity contribution < 1.29 is 4.79 Å². The molecule has 0 aliphatic heterocycles. The first kappa shape index (κ1) is 10.9. The van der Waals surface area contributed by atoms with E-state index in [2.05, 4.69) is 15.9 Å². The van der Waals surface area contributed by atoms with Gasteiger partial charge in [0.25, 0.3) is 0 Å². The van der Waals surface area contributed by atoms with Crippen LogP contribution in [0.15, 0.2) is 15.2 Å². The lowest BCUT2D eigenvalue weighted by Crippen LogP contribution is -2.30. The number of hydrogen-bond acceptors (Lipinski definition) is 3. The quantitative estimate of drug-likeness (QED) is 0.848. The Hall–Kier alpha value is -0.190. The minimum Gasteiger partial charge on any atom is -0.321 e. The zero-order valence-corrected chi connectivity index (χ0v) is 9.82. The van der Waals surface area contributed by atoms with Gasteiger partial charge in [-0.25, -0.2) is 0 Å².